The Balaban J connectivity index is 1.63. The van der Waals surface area contributed by atoms with Crippen LogP contribution in [-0.2, 0) is 11.3 Å². The summed E-state index contributed by atoms with van der Waals surface area (Å²) >= 11 is 0. The maximum Gasteiger partial charge on any atom is 0.221 e. The molecule has 0 spiro atoms. The summed E-state index contributed by atoms with van der Waals surface area (Å²) in [5.74, 6) is 0.121. The number of rotatable bonds is 3. The summed E-state index contributed by atoms with van der Waals surface area (Å²) in [4.78, 5) is 14.4. The second-order valence-corrected chi connectivity index (χ2v) is 6.24. The predicted molar refractivity (Wildman–Crippen MR) is 93.3 cm³/mol. The maximum absolute atomic E-state index is 12.1. The second-order valence-electron chi connectivity index (χ2n) is 6.24. The van der Waals surface area contributed by atoms with Gasteiger partial charge in [-0.3, -0.25) is 14.8 Å². The molecule has 2 N–H and O–H groups in total. The number of amides is 1. The number of H-pyrrole nitrogens is 1. The van der Waals surface area contributed by atoms with E-state index in [1.807, 2.05) is 24.4 Å². The molecule has 122 valence electrons. The van der Waals surface area contributed by atoms with Crippen LogP contribution in [0.3, 0.4) is 0 Å². The fourth-order valence-corrected chi connectivity index (χ4v) is 3.38. The van der Waals surface area contributed by atoms with E-state index in [0.717, 1.165) is 24.0 Å². The van der Waals surface area contributed by atoms with Crippen LogP contribution >= 0.6 is 0 Å². The first-order valence-corrected chi connectivity index (χ1v) is 8.27. The lowest BCUT2D eigenvalue weighted by Crippen LogP contribution is -2.30. The first-order valence-electron chi connectivity index (χ1n) is 8.27. The lowest BCUT2D eigenvalue weighted by Gasteiger charge is -2.29. The van der Waals surface area contributed by atoms with Gasteiger partial charge in [-0.2, -0.15) is 5.10 Å². The van der Waals surface area contributed by atoms with E-state index < -0.39 is 0 Å². The minimum atomic E-state index is 0.103. The van der Waals surface area contributed by atoms with Crippen molar-refractivity contribution in [1.82, 2.24) is 20.4 Å². The molecule has 1 saturated heterocycles. The van der Waals surface area contributed by atoms with Crippen molar-refractivity contribution in [2.75, 3.05) is 13.1 Å². The van der Waals surface area contributed by atoms with Crippen molar-refractivity contribution < 1.29 is 4.79 Å². The number of fused-ring (bicyclic) bond motifs is 1. The van der Waals surface area contributed by atoms with Gasteiger partial charge in [-0.25, -0.2) is 0 Å². The lowest BCUT2D eigenvalue weighted by atomic mass is 10.0. The van der Waals surface area contributed by atoms with Gasteiger partial charge in [0.05, 0.1) is 11.7 Å². The minimum absolute atomic E-state index is 0.103. The number of nitrogens with zero attached hydrogens (tertiary/aromatic N) is 2. The number of hydrogen-bond acceptors (Lipinski definition) is 3. The van der Waals surface area contributed by atoms with Crippen molar-refractivity contribution in [2.45, 2.75) is 19.0 Å². The Bertz CT molecular complexity index is 843. The van der Waals surface area contributed by atoms with E-state index in [4.69, 9.17) is 0 Å². The largest absolute Gasteiger partial charge is 0.355 e. The van der Waals surface area contributed by atoms with Crippen molar-refractivity contribution in [2.24, 2.45) is 0 Å². The molecule has 2 aromatic carbocycles. The van der Waals surface area contributed by atoms with Gasteiger partial charge < -0.3 is 5.32 Å². The standard InChI is InChI=1S/C19H20N4O/c24-19-11-18(15-4-2-1-3-5-15)23(9-8-20-19)13-14-6-7-16-12-21-22-17(16)10-14/h1-7,10,12,18H,8-9,11,13H2,(H,20,24)(H,21,22)/t18-/m1/s1. The van der Waals surface area contributed by atoms with Crippen molar-refractivity contribution in [3.8, 4) is 0 Å². The Hall–Kier alpha value is -2.66. The minimum Gasteiger partial charge on any atom is -0.355 e. The molecule has 1 aliphatic heterocycles. The molecule has 1 fully saturated rings. The molecule has 0 aliphatic carbocycles. The molecule has 2 heterocycles. The molecular formula is C19H20N4O. The summed E-state index contributed by atoms with van der Waals surface area (Å²) in [6, 6.07) is 16.8. The smallest absolute Gasteiger partial charge is 0.221 e. The molecule has 1 atom stereocenters. The Morgan fingerprint density at radius 2 is 2.04 bits per heavy atom. The average Bonchev–Trinajstić information content (AvgIpc) is 2.99. The molecular weight excluding hydrogens is 300 g/mol. The summed E-state index contributed by atoms with van der Waals surface area (Å²) in [6.07, 6.45) is 2.33. The molecule has 1 amide bonds. The molecule has 5 heteroatoms. The van der Waals surface area contributed by atoms with E-state index in [2.05, 4.69) is 50.7 Å². The van der Waals surface area contributed by atoms with Gasteiger partial charge in [-0.1, -0.05) is 42.5 Å². The molecule has 4 rings (SSSR count). The number of aromatic amines is 1. The summed E-state index contributed by atoms with van der Waals surface area (Å²) < 4.78 is 0. The third-order valence-electron chi connectivity index (χ3n) is 4.62. The monoisotopic (exact) mass is 320 g/mol. The van der Waals surface area contributed by atoms with Crippen LogP contribution in [0.25, 0.3) is 10.9 Å². The Kier molecular flexibility index (Phi) is 4.01. The van der Waals surface area contributed by atoms with Crippen LogP contribution in [0.5, 0.6) is 0 Å². The van der Waals surface area contributed by atoms with Gasteiger partial charge in [0.1, 0.15) is 0 Å². The van der Waals surface area contributed by atoms with Gasteiger partial charge in [-0.15, -0.1) is 0 Å². The van der Waals surface area contributed by atoms with Gasteiger partial charge in [0.15, 0.2) is 0 Å². The average molecular weight is 320 g/mol. The van der Waals surface area contributed by atoms with Crippen molar-refractivity contribution in [3.05, 3.63) is 65.9 Å². The van der Waals surface area contributed by atoms with Crippen LogP contribution in [0.2, 0.25) is 0 Å². The number of nitrogens with one attached hydrogen (secondary N) is 2. The van der Waals surface area contributed by atoms with Gasteiger partial charge in [0.25, 0.3) is 0 Å². The zero-order chi connectivity index (χ0) is 16.4. The first-order chi connectivity index (χ1) is 11.8. The molecule has 0 unspecified atom stereocenters. The molecule has 0 bridgehead atoms. The summed E-state index contributed by atoms with van der Waals surface area (Å²) in [6.45, 7) is 2.34. The number of carbonyl (C=O) groups excluding carboxylic acids is 1. The van der Waals surface area contributed by atoms with E-state index >= 15 is 0 Å². The number of benzene rings is 2. The normalized spacial score (nSPS) is 19.2. The number of hydrogen-bond donors (Lipinski definition) is 2. The third-order valence-corrected chi connectivity index (χ3v) is 4.62. The van der Waals surface area contributed by atoms with Crippen LogP contribution in [0.4, 0.5) is 0 Å². The molecule has 0 saturated carbocycles. The molecule has 1 aromatic heterocycles. The highest BCUT2D eigenvalue weighted by Gasteiger charge is 2.26. The molecule has 1 aliphatic rings. The van der Waals surface area contributed by atoms with Crippen molar-refractivity contribution in [1.29, 1.82) is 0 Å². The quantitative estimate of drug-likeness (QED) is 0.780. The fraction of sp³-hybridized carbons (Fsp3) is 0.263. The third kappa shape index (κ3) is 3.03. The molecule has 5 nitrogen and oxygen atoms in total. The van der Waals surface area contributed by atoms with Gasteiger partial charge in [-0.05, 0) is 17.2 Å². The Morgan fingerprint density at radius 3 is 2.92 bits per heavy atom. The second kappa shape index (κ2) is 6.45. The van der Waals surface area contributed by atoms with Crippen molar-refractivity contribution >= 4 is 16.8 Å². The van der Waals surface area contributed by atoms with Crippen LogP contribution in [0, 0.1) is 0 Å². The molecule has 24 heavy (non-hydrogen) atoms. The Labute approximate surface area is 140 Å². The van der Waals surface area contributed by atoms with Crippen molar-refractivity contribution in [3.63, 3.8) is 0 Å². The van der Waals surface area contributed by atoms with Crippen LogP contribution in [0.1, 0.15) is 23.6 Å². The molecule has 0 radical (unpaired) electrons. The SMILES string of the molecule is O=C1C[C@H](c2ccccc2)N(Cc2ccc3cn[nH]c3c2)CCN1. The fourth-order valence-electron chi connectivity index (χ4n) is 3.38. The highest BCUT2D eigenvalue weighted by atomic mass is 16.1. The predicted octanol–water partition coefficient (Wildman–Crippen LogP) is 2.63. The highest BCUT2D eigenvalue weighted by Crippen LogP contribution is 2.27. The van der Waals surface area contributed by atoms with Gasteiger partial charge in [0.2, 0.25) is 5.91 Å². The van der Waals surface area contributed by atoms with E-state index in [-0.39, 0.29) is 11.9 Å². The summed E-state index contributed by atoms with van der Waals surface area (Å²) in [5.41, 5.74) is 3.46. The molecule has 3 aromatic rings. The summed E-state index contributed by atoms with van der Waals surface area (Å²) in [7, 11) is 0. The zero-order valence-electron chi connectivity index (χ0n) is 13.4. The Morgan fingerprint density at radius 1 is 1.17 bits per heavy atom. The van der Waals surface area contributed by atoms with E-state index in [0.29, 0.717) is 13.0 Å². The number of carbonyl (C=O) groups is 1. The lowest BCUT2D eigenvalue weighted by molar-refractivity contribution is -0.121. The van der Waals surface area contributed by atoms with E-state index in [1.165, 1.54) is 11.1 Å². The first kappa shape index (κ1) is 14.9. The summed E-state index contributed by atoms with van der Waals surface area (Å²) in [5, 5.41) is 11.2. The topological polar surface area (TPSA) is 61.0 Å². The maximum atomic E-state index is 12.1. The van der Waals surface area contributed by atoms with Crippen LogP contribution in [-0.4, -0.2) is 34.1 Å². The zero-order valence-corrected chi connectivity index (χ0v) is 13.4. The van der Waals surface area contributed by atoms with Crippen LogP contribution in [0.15, 0.2) is 54.7 Å². The van der Waals surface area contributed by atoms with E-state index in [1.54, 1.807) is 0 Å². The highest BCUT2D eigenvalue weighted by molar-refractivity contribution is 5.78. The van der Waals surface area contributed by atoms with E-state index in [9.17, 15) is 4.79 Å². The van der Waals surface area contributed by atoms with Crippen LogP contribution < -0.4 is 5.32 Å². The van der Waals surface area contributed by atoms with Gasteiger partial charge >= 0.3 is 0 Å². The van der Waals surface area contributed by atoms with Gasteiger partial charge in [0, 0.05) is 37.5 Å². The number of aromatic nitrogens is 2.